The summed E-state index contributed by atoms with van der Waals surface area (Å²) in [4.78, 5) is 0.335. The Kier molecular flexibility index (Phi) is 4.25. The second-order valence-corrected chi connectivity index (χ2v) is 7.67. The molecule has 0 heterocycles. The Balaban J connectivity index is 3.46. The Bertz CT molecular complexity index is 597. The lowest BCUT2D eigenvalue weighted by Crippen LogP contribution is -2.19. The van der Waals surface area contributed by atoms with E-state index in [1.54, 1.807) is 6.92 Å². The molecule has 4 heteroatoms. The van der Waals surface area contributed by atoms with Gasteiger partial charge in [0.15, 0.2) is 0 Å². The maximum atomic E-state index is 12.5. The zero-order chi connectivity index (χ0) is 15.0. The predicted molar refractivity (Wildman–Crippen MR) is 80.4 cm³/mol. The van der Waals surface area contributed by atoms with Crippen LogP contribution in [-0.4, -0.2) is 14.1 Å². The molecule has 0 aromatic heterocycles. The van der Waals surface area contributed by atoms with Gasteiger partial charge in [-0.1, -0.05) is 38.5 Å². The average molecular weight is 281 g/mol. The van der Waals surface area contributed by atoms with Crippen molar-refractivity contribution in [2.24, 2.45) is 9.81 Å². The summed E-state index contributed by atoms with van der Waals surface area (Å²) in [6.45, 7) is 13.2. The van der Waals surface area contributed by atoms with Gasteiger partial charge in [0.1, 0.15) is 0 Å². The number of nitrogens with zero attached hydrogens (tertiary/aromatic N) is 1. The van der Waals surface area contributed by atoms with E-state index in [0.29, 0.717) is 10.6 Å². The molecule has 0 aliphatic carbocycles. The van der Waals surface area contributed by atoms with Crippen LogP contribution in [0.5, 0.6) is 0 Å². The van der Waals surface area contributed by atoms with Crippen molar-refractivity contribution in [1.29, 1.82) is 0 Å². The van der Waals surface area contributed by atoms with Crippen LogP contribution < -0.4 is 0 Å². The van der Waals surface area contributed by atoms with Gasteiger partial charge in [-0.3, -0.25) is 0 Å². The molecule has 3 nitrogen and oxygen atoms in total. The lowest BCUT2D eigenvalue weighted by Gasteiger charge is -2.18. The first-order valence-corrected chi connectivity index (χ1v) is 7.79. The van der Waals surface area contributed by atoms with E-state index in [4.69, 9.17) is 0 Å². The maximum absolute atomic E-state index is 12.5. The number of hydrogen-bond donors (Lipinski definition) is 0. The fraction of sp³-hybridized carbons (Fsp3) is 0.533. The Labute approximate surface area is 116 Å². The molecule has 0 radical (unpaired) electrons. The first-order valence-electron chi connectivity index (χ1n) is 6.35. The number of hydrogen-bond acceptors (Lipinski definition) is 2. The minimum atomic E-state index is -3.63. The molecule has 1 aromatic carbocycles. The molecule has 1 rings (SSSR count). The Morgan fingerprint density at radius 3 is 1.84 bits per heavy atom. The van der Waals surface area contributed by atoms with Gasteiger partial charge in [-0.15, -0.1) is 0 Å². The van der Waals surface area contributed by atoms with E-state index in [2.05, 4.69) is 4.40 Å². The lowest BCUT2D eigenvalue weighted by molar-refractivity contribution is 0.579. The van der Waals surface area contributed by atoms with Gasteiger partial charge in [0, 0.05) is 11.1 Å². The van der Waals surface area contributed by atoms with Crippen molar-refractivity contribution in [1.82, 2.24) is 0 Å². The topological polar surface area (TPSA) is 46.5 Å². The van der Waals surface area contributed by atoms with Crippen LogP contribution in [0.3, 0.4) is 0 Å². The maximum Gasteiger partial charge on any atom is 0.282 e. The standard InChI is InChI=1S/C15H23NO2S/c1-10-8-11(2)14(12(3)9-10)19(17,18)16-13(4)15(5,6)7/h8-9H,1-7H3/b16-13+. The van der Waals surface area contributed by atoms with Gasteiger partial charge in [0.2, 0.25) is 0 Å². The van der Waals surface area contributed by atoms with E-state index in [9.17, 15) is 8.42 Å². The molecule has 0 fully saturated rings. The van der Waals surface area contributed by atoms with Crippen molar-refractivity contribution in [3.63, 3.8) is 0 Å². The van der Waals surface area contributed by atoms with Crippen LogP contribution in [-0.2, 0) is 10.0 Å². The highest BCUT2D eigenvalue weighted by Gasteiger charge is 2.22. The fourth-order valence-electron chi connectivity index (χ4n) is 1.94. The summed E-state index contributed by atoms with van der Waals surface area (Å²) < 4.78 is 28.9. The zero-order valence-corrected chi connectivity index (χ0v) is 13.6. The summed E-state index contributed by atoms with van der Waals surface area (Å²) in [6.07, 6.45) is 0. The summed E-state index contributed by atoms with van der Waals surface area (Å²) in [5, 5.41) is 0. The van der Waals surface area contributed by atoms with Gasteiger partial charge in [-0.05, 0) is 38.8 Å². The summed E-state index contributed by atoms with van der Waals surface area (Å²) >= 11 is 0. The molecule has 0 N–H and O–H groups in total. The van der Waals surface area contributed by atoms with Gasteiger partial charge in [0.25, 0.3) is 10.0 Å². The molecular weight excluding hydrogens is 258 g/mol. The molecule has 0 atom stereocenters. The molecule has 106 valence electrons. The zero-order valence-electron chi connectivity index (χ0n) is 12.8. The van der Waals surface area contributed by atoms with Crippen molar-refractivity contribution >= 4 is 15.7 Å². The van der Waals surface area contributed by atoms with Gasteiger partial charge in [0.05, 0.1) is 4.90 Å². The third-order valence-electron chi connectivity index (χ3n) is 3.21. The normalized spacial score (nSPS) is 13.7. The summed E-state index contributed by atoms with van der Waals surface area (Å²) in [5.74, 6) is 0. The highest BCUT2D eigenvalue weighted by Crippen LogP contribution is 2.25. The van der Waals surface area contributed by atoms with Crippen LogP contribution in [0.15, 0.2) is 21.4 Å². The van der Waals surface area contributed by atoms with Gasteiger partial charge in [-0.25, -0.2) is 0 Å². The molecule has 0 amide bonds. The van der Waals surface area contributed by atoms with Crippen molar-refractivity contribution in [3.05, 3.63) is 28.8 Å². The third kappa shape index (κ3) is 3.66. The molecule has 0 unspecified atom stereocenters. The minimum absolute atomic E-state index is 0.250. The van der Waals surface area contributed by atoms with Crippen molar-refractivity contribution in [2.75, 3.05) is 0 Å². The van der Waals surface area contributed by atoms with Crippen LogP contribution in [0.25, 0.3) is 0 Å². The molecule has 0 aliphatic rings. The highest BCUT2D eigenvalue weighted by molar-refractivity contribution is 7.90. The fourth-order valence-corrected chi connectivity index (χ4v) is 3.59. The quantitative estimate of drug-likeness (QED) is 0.774. The predicted octanol–water partition coefficient (Wildman–Crippen LogP) is 3.81. The molecule has 0 aliphatic heterocycles. The molecular formula is C15H23NO2S. The Morgan fingerprint density at radius 1 is 1.05 bits per heavy atom. The summed E-state index contributed by atoms with van der Waals surface area (Å²) in [7, 11) is -3.63. The van der Waals surface area contributed by atoms with E-state index in [1.165, 1.54) is 0 Å². The molecule has 1 aromatic rings. The van der Waals surface area contributed by atoms with E-state index in [1.807, 2.05) is 53.7 Å². The van der Waals surface area contributed by atoms with Gasteiger partial charge < -0.3 is 0 Å². The largest absolute Gasteiger partial charge is 0.282 e. The van der Waals surface area contributed by atoms with E-state index >= 15 is 0 Å². The first-order chi connectivity index (χ1) is 8.45. The number of sulfonamides is 1. The van der Waals surface area contributed by atoms with Crippen LogP contribution in [0, 0.1) is 26.2 Å². The van der Waals surface area contributed by atoms with Gasteiger partial charge >= 0.3 is 0 Å². The second-order valence-electron chi connectivity index (χ2n) is 6.13. The number of aryl methyl sites for hydroxylation is 3. The van der Waals surface area contributed by atoms with E-state index in [-0.39, 0.29) is 5.41 Å². The van der Waals surface area contributed by atoms with Gasteiger partial charge in [-0.2, -0.15) is 12.8 Å². The minimum Gasteiger partial charge on any atom is -0.199 e. The Morgan fingerprint density at radius 2 is 1.47 bits per heavy atom. The monoisotopic (exact) mass is 281 g/mol. The van der Waals surface area contributed by atoms with Crippen molar-refractivity contribution < 1.29 is 8.42 Å². The van der Waals surface area contributed by atoms with Crippen LogP contribution in [0.2, 0.25) is 0 Å². The third-order valence-corrected chi connectivity index (χ3v) is 4.88. The summed E-state index contributed by atoms with van der Waals surface area (Å²) in [6, 6.07) is 3.75. The van der Waals surface area contributed by atoms with Crippen molar-refractivity contribution in [3.8, 4) is 0 Å². The number of benzene rings is 1. The highest BCUT2D eigenvalue weighted by atomic mass is 32.2. The smallest absolute Gasteiger partial charge is 0.199 e. The SMILES string of the molecule is C/C(=N\S(=O)(=O)c1c(C)cc(C)cc1C)C(C)(C)C. The second kappa shape index (κ2) is 5.08. The first kappa shape index (κ1) is 15.9. The number of rotatable bonds is 2. The molecule has 0 bridgehead atoms. The molecule has 0 saturated carbocycles. The molecule has 0 saturated heterocycles. The molecule has 19 heavy (non-hydrogen) atoms. The average Bonchev–Trinajstić information content (AvgIpc) is 2.11. The van der Waals surface area contributed by atoms with E-state index < -0.39 is 10.0 Å². The summed E-state index contributed by atoms with van der Waals surface area (Å²) in [5.41, 5.74) is 2.93. The molecule has 0 spiro atoms. The van der Waals surface area contributed by atoms with Crippen LogP contribution >= 0.6 is 0 Å². The van der Waals surface area contributed by atoms with Crippen molar-refractivity contribution in [2.45, 2.75) is 53.4 Å². The lowest BCUT2D eigenvalue weighted by atomic mass is 9.91. The Hall–Kier alpha value is -1.16. The van der Waals surface area contributed by atoms with Crippen LogP contribution in [0.1, 0.15) is 44.4 Å². The van der Waals surface area contributed by atoms with E-state index in [0.717, 1.165) is 16.7 Å². The van der Waals surface area contributed by atoms with Crippen LogP contribution in [0.4, 0.5) is 0 Å².